The topological polar surface area (TPSA) is 73.4 Å². The molecule has 0 atom stereocenters. The zero-order valence-corrected chi connectivity index (χ0v) is 12.9. The van der Waals surface area contributed by atoms with E-state index in [1.807, 2.05) is 4.90 Å². The summed E-state index contributed by atoms with van der Waals surface area (Å²) in [6.45, 7) is 3.87. The van der Waals surface area contributed by atoms with E-state index in [2.05, 4.69) is 11.0 Å². The van der Waals surface area contributed by atoms with Gasteiger partial charge in [0.05, 0.1) is 12.1 Å². The van der Waals surface area contributed by atoms with Crippen LogP contribution in [-0.4, -0.2) is 41.9 Å². The zero-order valence-electron chi connectivity index (χ0n) is 12.1. The van der Waals surface area contributed by atoms with Crippen LogP contribution in [0, 0.1) is 11.3 Å². The molecule has 112 valence electrons. The first-order valence-electron chi connectivity index (χ1n) is 7.49. The van der Waals surface area contributed by atoms with Crippen molar-refractivity contribution in [3.8, 4) is 6.07 Å². The summed E-state index contributed by atoms with van der Waals surface area (Å²) < 4.78 is 0. The Kier molecular flexibility index (Phi) is 4.13. The minimum atomic E-state index is 0.239. The first-order valence-corrected chi connectivity index (χ1v) is 8.31. The number of amides is 1. The number of piperidine rings is 1. The van der Waals surface area contributed by atoms with Crippen molar-refractivity contribution in [2.45, 2.75) is 32.2 Å². The third kappa shape index (κ3) is 2.89. The lowest BCUT2D eigenvalue weighted by Crippen LogP contribution is -2.43. The molecule has 1 aromatic heterocycles. The van der Waals surface area contributed by atoms with Crippen molar-refractivity contribution in [1.29, 1.82) is 5.26 Å². The van der Waals surface area contributed by atoms with E-state index in [9.17, 15) is 4.79 Å². The SMILES string of the molecule is N#Cc1c(N)sc2c1CCN(CC(=O)N1CCCCC1)C2. The molecular weight excluding hydrogens is 284 g/mol. The van der Waals surface area contributed by atoms with Crippen molar-refractivity contribution < 1.29 is 4.79 Å². The molecule has 5 nitrogen and oxygen atoms in total. The molecule has 1 aromatic rings. The number of hydrogen-bond donors (Lipinski definition) is 1. The highest BCUT2D eigenvalue weighted by Crippen LogP contribution is 2.34. The molecule has 21 heavy (non-hydrogen) atoms. The Labute approximate surface area is 128 Å². The third-order valence-electron chi connectivity index (χ3n) is 4.34. The maximum absolute atomic E-state index is 12.3. The van der Waals surface area contributed by atoms with Crippen LogP contribution in [0.5, 0.6) is 0 Å². The van der Waals surface area contributed by atoms with E-state index < -0.39 is 0 Å². The second kappa shape index (κ2) is 6.04. The van der Waals surface area contributed by atoms with E-state index in [0.717, 1.165) is 55.9 Å². The highest BCUT2D eigenvalue weighted by Gasteiger charge is 2.26. The molecule has 0 aromatic carbocycles. The van der Waals surface area contributed by atoms with Crippen molar-refractivity contribution >= 4 is 22.2 Å². The number of likely N-dealkylation sites (tertiary alicyclic amines) is 1. The lowest BCUT2D eigenvalue weighted by molar-refractivity contribution is -0.133. The number of carbonyl (C=O) groups is 1. The van der Waals surface area contributed by atoms with Crippen LogP contribution in [0.4, 0.5) is 5.00 Å². The first kappa shape index (κ1) is 14.4. The van der Waals surface area contributed by atoms with Crippen molar-refractivity contribution in [3.05, 3.63) is 16.0 Å². The van der Waals surface area contributed by atoms with Gasteiger partial charge in [-0.1, -0.05) is 0 Å². The van der Waals surface area contributed by atoms with E-state index in [0.29, 0.717) is 17.1 Å². The number of nitriles is 1. The summed E-state index contributed by atoms with van der Waals surface area (Å²) in [7, 11) is 0. The molecule has 0 spiro atoms. The predicted molar refractivity (Wildman–Crippen MR) is 82.9 cm³/mol. The van der Waals surface area contributed by atoms with Gasteiger partial charge in [-0.15, -0.1) is 11.3 Å². The first-order chi connectivity index (χ1) is 10.2. The summed E-state index contributed by atoms with van der Waals surface area (Å²) in [6.07, 6.45) is 4.31. The number of fused-ring (bicyclic) bond motifs is 1. The summed E-state index contributed by atoms with van der Waals surface area (Å²) in [5.41, 5.74) is 7.65. The molecule has 0 saturated carbocycles. The molecule has 0 aliphatic carbocycles. The van der Waals surface area contributed by atoms with Crippen LogP contribution in [0.25, 0.3) is 0 Å². The number of nitrogens with zero attached hydrogens (tertiary/aromatic N) is 3. The van der Waals surface area contributed by atoms with Gasteiger partial charge in [-0.25, -0.2) is 0 Å². The largest absolute Gasteiger partial charge is 0.389 e. The molecule has 1 saturated heterocycles. The van der Waals surface area contributed by atoms with Gasteiger partial charge in [0.2, 0.25) is 5.91 Å². The van der Waals surface area contributed by atoms with Crippen LogP contribution in [0.15, 0.2) is 0 Å². The van der Waals surface area contributed by atoms with Crippen LogP contribution < -0.4 is 5.73 Å². The van der Waals surface area contributed by atoms with Crippen LogP contribution in [0.3, 0.4) is 0 Å². The Morgan fingerprint density at radius 2 is 2.05 bits per heavy atom. The van der Waals surface area contributed by atoms with Crippen molar-refractivity contribution in [1.82, 2.24) is 9.80 Å². The second-order valence-corrected chi connectivity index (χ2v) is 6.89. The molecule has 1 amide bonds. The number of carbonyl (C=O) groups excluding carboxylic acids is 1. The normalized spacial score (nSPS) is 19.1. The molecule has 3 rings (SSSR count). The minimum Gasteiger partial charge on any atom is -0.389 e. The van der Waals surface area contributed by atoms with Crippen molar-refractivity contribution in [2.24, 2.45) is 0 Å². The molecule has 0 bridgehead atoms. The fourth-order valence-corrected chi connectivity index (χ4v) is 4.28. The average Bonchev–Trinajstić information content (AvgIpc) is 2.82. The Bertz CT molecular complexity index is 583. The Morgan fingerprint density at radius 3 is 2.76 bits per heavy atom. The summed E-state index contributed by atoms with van der Waals surface area (Å²) >= 11 is 1.50. The monoisotopic (exact) mass is 304 g/mol. The maximum atomic E-state index is 12.3. The molecule has 2 aliphatic rings. The summed E-state index contributed by atoms with van der Waals surface area (Å²) in [5, 5.41) is 9.76. The molecule has 0 unspecified atom stereocenters. The number of rotatable bonds is 2. The summed E-state index contributed by atoms with van der Waals surface area (Å²) in [6, 6.07) is 2.20. The van der Waals surface area contributed by atoms with E-state index in [1.54, 1.807) is 0 Å². The van der Waals surface area contributed by atoms with Gasteiger partial charge in [0.15, 0.2) is 0 Å². The van der Waals surface area contributed by atoms with E-state index in [4.69, 9.17) is 11.0 Å². The number of thiophene rings is 1. The number of hydrogen-bond acceptors (Lipinski definition) is 5. The van der Waals surface area contributed by atoms with Gasteiger partial charge in [0.25, 0.3) is 0 Å². The molecule has 3 heterocycles. The molecule has 2 aliphatic heterocycles. The lowest BCUT2D eigenvalue weighted by Gasteiger charge is -2.31. The molecule has 1 fully saturated rings. The minimum absolute atomic E-state index is 0.239. The van der Waals surface area contributed by atoms with Crippen molar-refractivity contribution in [3.63, 3.8) is 0 Å². The van der Waals surface area contributed by atoms with Crippen LogP contribution in [0.2, 0.25) is 0 Å². The van der Waals surface area contributed by atoms with Gasteiger partial charge >= 0.3 is 0 Å². The standard InChI is InChI=1S/C15H20N4OS/c16-8-12-11-4-7-18(9-13(11)21-15(12)17)10-14(20)19-5-2-1-3-6-19/h1-7,9-10,17H2. The smallest absolute Gasteiger partial charge is 0.236 e. The zero-order chi connectivity index (χ0) is 14.8. The quantitative estimate of drug-likeness (QED) is 0.900. The molecular formula is C15H20N4OS. The van der Waals surface area contributed by atoms with Crippen LogP contribution >= 0.6 is 11.3 Å². The Morgan fingerprint density at radius 1 is 1.29 bits per heavy atom. The van der Waals surface area contributed by atoms with Crippen LogP contribution in [-0.2, 0) is 17.8 Å². The third-order valence-corrected chi connectivity index (χ3v) is 5.39. The Hall–Kier alpha value is -1.58. The van der Waals surface area contributed by atoms with Gasteiger partial charge < -0.3 is 10.6 Å². The van der Waals surface area contributed by atoms with E-state index >= 15 is 0 Å². The molecule has 2 N–H and O–H groups in total. The summed E-state index contributed by atoms with van der Waals surface area (Å²) in [4.78, 5) is 17.6. The van der Waals surface area contributed by atoms with Gasteiger partial charge in [0.1, 0.15) is 11.1 Å². The lowest BCUT2D eigenvalue weighted by atomic mass is 10.0. The number of anilines is 1. The Balaban J connectivity index is 1.64. The van der Waals surface area contributed by atoms with Gasteiger partial charge in [-0.3, -0.25) is 9.69 Å². The van der Waals surface area contributed by atoms with Gasteiger partial charge in [-0.2, -0.15) is 5.26 Å². The number of nitrogens with two attached hydrogens (primary N) is 1. The van der Waals surface area contributed by atoms with Gasteiger partial charge in [-0.05, 0) is 31.2 Å². The van der Waals surface area contributed by atoms with E-state index in [1.165, 1.54) is 17.8 Å². The average molecular weight is 304 g/mol. The number of nitrogen functional groups attached to an aromatic ring is 1. The predicted octanol–water partition coefficient (Wildman–Crippen LogP) is 1.57. The highest BCUT2D eigenvalue weighted by molar-refractivity contribution is 7.16. The van der Waals surface area contributed by atoms with Crippen LogP contribution in [0.1, 0.15) is 35.3 Å². The maximum Gasteiger partial charge on any atom is 0.236 e. The van der Waals surface area contributed by atoms with Crippen molar-refractivity contribution in [2.75, 3.05) is 31.9 Å². The fraction of sp³-hybridized carbons (Fsp3) is 0.600. The highest BCUT2D eigenvalue weighted by atomic mass is 32.1. The van der Waals surface area contributed by atoms with E-state index in [-0.39, 0.29) is 5.91 Å². The molecule has 0 radical (unpaired) electrons. The molecule has 6 heteroatoms. The fourth-order valence-electron chi connectivity index (χ4n) is 3.17. The van der Waals surface area contributed by atoms with Gasteiger partial charge in [0, 0.05) is 31.1 Å². The second-order valence-electron chi connectivity index (χ2n) is 5.76. The summed E-state index contributed by atoms with van der Waals surface area (Å²) in [5.74, 6) is 0.239.